The van der Waals surface area contributed by atoms with Gasteiger partial charge in [0.15, 0.2) is 0 Å². The maximum atomic E-state index is 12.1. The van der Waals surface area contributed by atoms with E-state index in [4.69, 9.17) is 0 Å². The third-order valence-electron chi connectivity index (χ3n) is 1.70. The molecule has 0 aromatic heterocycles. The summed E-state index contributed by atoms with van der Waals surface area (Å²) in [6, 6.07) is -0.529. The van der Waals surface area contributed by atoms with E-state index < -0.39 is 27.6 Å². The van der Waals surface area contributed by atoms with E-state index >= 15 is 0 Å². The van der Waals surface area contributed by atoms with Crippen molar-refractivity contribution in [1.29, 1.82) is 0 Å². The normalized spacial score (nSPS) is 17.8. The minimum absolute atomic E-state index is 0.00671. The van der Waals surface area contributed by atoms with Crippen molar-refractivity contribution in [2.45, 2.75) is 4.90 Å². The topological polar surface area (TPSA) is 0 Å². The second-order valence-electron chi connectivity index (χ2n) is 3.11. The summed E-state index contributed by atoms with van der Waals surface area (Å²) in [5.41, 5.74) is -1.36. The van der Waals surface area contributed by atoms with Crippen LogP contribution in [0.5, 0.6) is 0 Å². The predicted octanol–water partition coefficient (Wildman–Crippen LogP) is 4.40. The van der Waals surface area contributed by atoms with Gasteiger partial charge in [-0.3, -0.25) is 0 Å². The summed E-state index contributed by atoms with van der Waals surface area (Å²) in [6.45, 7) is -5.49. The van der Waals surface area contributed by atoms with E-state index in [0.29, 0.717) is 0 Å². The van der Waals surface area contributed by atoms with Crippen molar-refractivity contribution in [2.75, 3.05) is 0 Å². The summed E-state index contributed by atoms with van der Waals surface area (Å²) >= 11 is 0. The van der Waals surface area contributed by atoms with Gasteiger partial charge in [0, 0.05) is 0 Å². The van der Waals surface area contributed by atoms with Crippen molar-refractivity contribution in [2.24, 2.45) is 0 Å². The van der Waals surface area contributed by atoms with E-state index in [-0.39, 0.29) is 24.3 Å². The lowest BCUT2D eigenvalue weighted by Gasteiger charge is -2.40. The van der Waals surface area contributed by atoms with Crippen LogP contribution in [0.2, 0.25) is 0 Å². The Kier molecular flexibility index (Phi) is 2.18. The van der Waals surface area contributed by atoms with Gasteiger partial charge in [0.25, 0.3) is 0 Å². The second kappa shape index (κ2) is 2.66. The summed E-state index contributed by atoms with van der Waals surface area (Å²) in [7, 11) is -9.88. The van der Waals surface area contributed by atoms with Gasteiger partial charge in [-0.15, -0.1) is 5.46 Å². The van der Waals surface area contributed by atoms with E-state index in [1.807, 2.05) is 0 Å². The van der Waals surface area contributed by atoms with Crippen LogP contribution in [-0.4, -0.2) is 6.98 Å². The highest BCUT2D eigenvalue weighted by Gasteiger charge is 2.65. The quantitative estimate of drug-likeness (QED) is 0.552. The molecule has 16 heavy (non-hydrogen) atoms. The summed E-state index contributed by atoms with van der Waals surface area (Å²) < 4.78 is 96.5. The molecule has 1 aromatic rings. The fourth-order valence-electron chi connectivity index (χ4n) is 0.943. The highest BCUT2D eigenvalue weighted by molar-refractivity contribution is 8.45. The zero-order valence-electron chi connectivity index (χ0n) is 7.32. The van der Waals surface area contributed by atoms with Gasteiger partial charge in [0.2, 0.25) is 0 Å². The van der Waals surface area contributed by atoms with Gasteiger partial charge in [-0.25, -0.2) is 0 Å². The first-order valence-electron chi connectivity index (χ1n) is 3.74. The summed E-state index contributed by atoms with van der Waals surface area (Å²) in [4.78, 5) is -2.33. The first-order valence-corrected chi connectivity index (χ1v) is 5.69. The first kappa shape index (κ1) is 13.1. The Morgan fingerprint density at radius 2 is 1.12 bits per heavy atom. The zero-order chi connectivity index (χ0) is 12.9. The predicted molar refractivity (Wildman–Crippen MR) is 46.6 cm³/mol. The van der Waals surface area contributed by atoms with E-state index in [9.17, 15) is 32.4 Å². The van der Waals surface area contributed by atoms with E-state index in [0.717, 1.165) is 0 Å². The molecule has 0 saturated carbocycles. The Morgan fingerprint density at radius 1 is 0.750 bits per heavy atom. The van der Waals surface area contributed by atoms with Gasteiger partial charge in [-0.1, -0.05) is 31.6 Å². The summed E-state index contributed by atoms with van der Waals surface area (Å²) in [5, 5.41) is 0. The highest BCUT2D eigenvalue weighted by Crippen LogP contribution is 3.02. The average molecular weight is 271 g/mol. The van der Waals surface area contributed by atoms with Crippen LogP contribution >= 0.6 is 10.2 Å². The Morgan fingerprint density at radius 3 is 1.38 bits per heavy atom. The third kappa shape index (κ3) is 3.03. The number of benzene rings is 1. The second-order valence-corrected chi connectivity index (χ2v) is 5.52. The average Bonchev–Trinajstić information content (AvgIpc) is 1.99. The van der Waals surface area contributed by atoms with E-state index in [1.54, 1.807) is 0 Å². The molecule has 0 spiro atoms. The van der Waals surface area contributed by atoms with Crippen LogP contribution in [0.3, 0.4) is 0 Å². The molecule has 0 bridgehead atoms. The molecular formula is C6H4BF8S-. The maximum Gasteiger partial charge on any atom is 0.509 e. The van der Waals surface area contributed by atoms with Crippen LogP contribution in [0.4, 0.5) is 32.4 Å². The number of halogens is 8. The van der Waals surface area contributed by atoms with E-state index in [2.05, 4.69) is 0 Å². The SMILES string of the molecule is F[B-](F)(F)c1ccc(S(F)(F)(F)(F)F)cc1. The van der Waals surface area contributed by atoms with Crippen LogP contribution < -0.4 is 5.46 Å². The fraction of sp³-hybridized carbons (Fsp3) is 0. The fourth-order valence-corrected chi connectivity index (χ4v) is 1.59. The van der Waals surface area contributed by atoms with Crippen molar-refractivity contribution >= 4 is 22.7 Å². The van der Waals surface area contributed by atoms with Crippen LogP contribution in [0.25, 0.3) is 0 Å². The third-order valence-corrected chi connectivity index (χ3v) is 2.87. The standard InChI is InChI=1S/C6H4BF8S/c8-7(9,10)5-1-3-6(4-2-5)16(11,12,13,14)15/h1-4H/q-1. The molecular weight excluding hydrogens is 267 g/mol. The molecule has 1 rings (SSSR count). The molecule has 0 heterocycles. The van der Waals surface area contributed by atoms with Crippen molar-refractivity contribution in [3.63, 3.8) is 0 Å². The maximum absolute atomic E-state index is 12.1. The Balaban J connectivity index is 3.27. The lowest BCUT2D eigenvalue weighted by atomic mass is 9.80. The molecule has 0 radical (unpaired) electrons. The molecule has 0 atom stereocenters. The van der Waals surface area contributed by atoms with Gasteiger partial charge in [0.1, 0.15) is 4.90 Å². The molecule has 0 N–H and O–H groups in total. The smallest absolute Gasteiger partial charge is 0.445 e. The van der Waals surface area contributed by atoms with Crippen LogP contribution in [0.1, 0.15) is 0 Å². The number of rotatable bonds is 2. The molecule has 94 valence electrons. The largest absolute Gasteiger partial charge is 0.509 e. The molecule has 0 nitrogen and oxygen atoms in total. The minimum atomic E-state index is -9.88. The van der Waals surface area contributed by atoms with Crippen molar-refractivity contribution in [3.8, 4) is 0 Å². The molecule has 0 aliphatic heterocycles. The van der Waals surface area contributed by atoms with Crippen LogP contribution in [0, 0.1) is 0 Å². The first-order chi connectivity index (χ1) is 6.70. The molecule has 0 unspecified atom stereocenters. The zero-order valence-corrected chi connectivity index (χ0v) is 8.14. The number of hydrogen-bond donors (Lipinski definition) is 0. The van der Waals surface area contributed by atoms with Gasteiger partial charge in [-0.05, 0) is 12.1 Å². The molecule has 0 saturated heterocycles. The Labute approximate surface area is 85.0 Å². The molecule has 0 fully saturated rings. The van der Waals surface area contributed by atoms with Gasteiger partial charge in [-0.2, -0.15) is 0 Å². The Bertz CT molecular complexity index is 400. The molecule has 0 aliphatic rings. The molecule has 0 amide bonds. The van der Waals surface area contributed by atoms with Crippen LogP contribution in [0.15, 0.2) is 29.2 Å². The summed E-state index contributed by atoms with van der Waals surface area (Å²) in [6.07, 6.45) is 0. The van der Waals surface area contributed by atoms with E-state index in [1.165, 1.54) is 0 Å². The monoisotopic (exact) mass is 271 g/mol. The number of hydrogen-bond acceptors (Lipinski definition) is 0. The Hall–Kier alpha value is -0.925. The molecule has 0 aliphatic carbocycles. The van der Waals surface area contributed by atoms with Crippen LogP contribution in [-0.2, 0) is 0 Å². The minimum Gasteiger partial charge on any atom is -0.445 e. The molecule has 1 aromatic carbocycles. The highest BCUT2D eigenvalue weighted by atomic mass is 32.5. The van der Waals surface area contributed by atoms with Crippen molar-refractivity contribution in [1.82, 2.24) is 0 Å². The van der Waals surface area contributed by atoms with Crippen molar-refractivity contribution in [3.05, 3.63) is 24.3 Å². The lowest BCUT2D eigenvalue weighted by molar-refractivity contribution is 0.364. The van der Waals surface area contributed by atoms with Gasteiger partial charge >= 0.3 is 17.2 Å². The molecule has 10 heteroatoms. The van der Waals surface area contributed by atoms with Gasteiger partial charge < -0.3 is 12.9 Å². The van der Waals surface area contributed by atoms with Gasteiger partial charge in [0.05, 0.1) is 0 Å². The van der Waals surface area contributed by atoms with Crippen molar-refractivity contribution < 1.29 is 32.4 Å². The summed E-state index contributed by atoms with van der Waals surface area (Å²) in [5.74, 6) is 0. The lowest BCUT2D eigenvalue weighted by Crippen LogP contribution is -2.33.